The maximum absolute atomic E-state index is 6.16. The summed E-state index contributed by atoms with van der Waals surface area (Å²) in [5, 5.41) is 1.45. The Kier molecular flexibility index (Phi) is 5.60. The van der Waals surface area contributed by atoms with E-state index in [0.717, 1.165) is 30.2 Å². The number of nitrogens with zero attached hydrogens (tertiary/aromatic N) is 1. The van der Waals surface area contributed by atoms with Crippen LogP contribution in [-0.2, 0) is 6.54 Å². The van der Waals surface area contributed by atoms with Crippen LogP contribution in [0.1, 0.15) is 26.3 Å². The zero-order chi connectivity index (χ0) is 12.1. The molecule has 0 unspecified atom stereocenters. The van der Waals surface area contributed by atoms with E-state index in [4.69, 9.17) is 23.2 Å². The van der Waals surface area contributed by atoms with Gasteiger partial charge in [0.15, 0.2) is 0 Å². The third-order valence-corrected chi connectivity index (χ3v) is 3.07. The Bertz CT molecular complexity index is 337. The second-order valence-electron chi connectivity index (χ2n) is 4.46. The van der Waals surface area contributed by atoms with Crippen LogP contribution in [-0.4, -0.2) is 18.0 Å². The number of hydrogen-bond donors (Lipinski definition) is 0. The summed E-state index contributed by atoms with van der Waals surface area (Å²) < 4.78 is 0. The molecule has 0 amide bonds. The van der Waals surface area contributed by atoms with E-state index in [1.54, 1.807) is 0 Å². The molecule has 0 N–H and O–H groups in total. The van der Waals surface area contributed by atoms with Crippen molar-refractivity contribution in [2.75, 3.05) is 13.1 Å². The van der Waals surface area contributed by atoms with E-state index < -0.39 is 0 Å². The highest BCUT2D eigenvalue weighted by atomic mass is 35.5. The average Bonchev–Trinajstić information content (AvgIpc) is 2.20. The first-order valence-corrected chi connectivity index (χ1v) is 6.44. The highest BCUT2D eigenvalue weighted by molar-refractivity contribution is 6.35. The molecule has 0 atom stereocenters. The molecule has 0 radical (unpaired) electrons. The summed E-state index contributed by atoms with van der Waals surface area (Å²) in [6, 6.07) is 5.71. The Hall–Kier alpha value is -0.240. The van der Waals surface area contributed by atoms with Gasteiger partial charge < -0.3 is 0 Å². The molecular weight excluding hydrogens is 241 g/mol. The molecule has 1 nitrogen and oxygen atoms in total. The summed E-state index contributed by atoms with van der Waals surface area (Å²) in [6.45, 7) is 9.65. The number of benzene rings is 1. The van der Waals surface area contributed by atoms with E-state index in [9.17, 15) is 0 Å². The molecule has 0 spiro atoms. The molecule has 0 bridgehead atoms. The van der Waals surface area contributed by atoms with Crippen LogP contribution >= 0.6 is 23.2 Å². The third-order valence-electron chi connectivity index (χ3n) is 2.48. The first-order chi connectivity index (χ1) is 7.52. The summed E-state index contributed by atoms with van der Waals surface area (Å²) in [4.78, 5) is 2.39. The molecule has 0 saturated carbocycles. The number of rotatable bonds is 5. The van der Waals surface area contributed by atoms with Gasteiger partial charge in [-0.3, -0.25) is 4.90 Å². The zero-order valence-electron chi connectivity index (χ0n) is 10.1. The standard InChI is InChI=1S/C13H19Cl2N/c1-4-16(8-10(2)3)9-11-5-6-12(14)7-13(11)15/h5-7,10H,4,8-9H2,1-3H3. The zero-order valence-corrected chi connectivity index (χ0v) is 11.6. The number of halogens is 2. The molecule has 90 valence electrons. The molecule has 0 aromatic heterocycles. The molecule has 0 aliphatic heterocycles. The van der Waals surface area contributed by atoms with Gasteiger partial charge in [-0.25, -0.2) is 0 Å². The van der Waals surface area contributed by atoms with Crippen molar-refractivity contribution in [2.24, 2.45) is 5.92 Å². The maximum atomic E-state index is 6.16. The Morgan fingerprint density at radius 3 is 2.44 bits per heavy atom. The summed E-state index contributed by atoms with van der Waals surface area (Å²) in [5.41, 5.74) is 1.15. The van der Waals surface area contributed by atoms with E-state index in [1.807, 2.05) is 18.2 Å². The van der Waals surface area contributed by atoms with Crippen molar-refractivity contribution in [2.45, 2.75) is 27.3 Å². The molecule has 1 rings (SSSR count). The Morgan fingerprint density at radius 1 is 1.25 bits per heavy atom. The molecule has 0 aliphatic carbocycles. The second-order valence-corrected chi connectivity index (χ2v) is 5.30. The summed E-state index contributed by atoms with van der Waals surface area (Å²) in [6.07, 6.45) is 0. The molecule has 0 saturated heterocycles. The fraction of sp³-hybridized carbons (Fsp3) is 0.538. The first kappa shape index (κ1) is 13.8. The maximum Gasteiger partial charge on any atom is 0.0465 e. The SMILES string of the molecule is CCN(Cc1ccc(Cl)cc1Cl)CC(C)C. The predicted octanol–water partition coefficient (Wildman–Crippen LogP) is 4.47. The van der Waals surface area contributed by atoms with Gasteiger partial charge in [-0.2, -0.15) is 0 Å². The van der Waals surface area contributed by atoms with Crippen molar-refractivity contribution in [1.29, 1.82) is 0 Å². The van der Waals surface area contributed by atoms with Gasteiger partial charge in [0, 0.05) is 23.1 Å². The van der Waals surface area contributed by atoms with Crippen molar-refractivity contribution in [3.63, 3.8) is 0 Å². The molecule has 0 fully saturated rings. The summed E-state index contributed by atoms with van der Waals surface area (Å²) >= 11 is 12.0. The van der Waals surface area contributed by atoms with Gasteiger partial charge in [-0.05, 0) is 30.2 Å². The van der Waals surface area contributed by atoms with E-state index in [2.05, 4.69) is 25.7 Å². The van der Waals surface area contributed by atoms with Crippen LogP contribution in [0.2, 0.25) is 10.0 Å². The van der Waals surface area contributed by atoms with Crippen molar-refractivity contribution < 1.29 is 0 Å². The fourth-order valence-corrected chi connectivity index (χ4v) is 2.18. The normalized spacial score (nSPS) is 11.4. The second kappa shape index (κ2) is 6.48. The first-order valence-electron chi connectivity index (χ1n) is 5.69. The highest BCUT2D eigenvalue weighted by Gasteiger charge is 2.08. The lowest BCUT2D eigenvalue weighted by atomic mass is 10.1. The largest absolute Gasteiger partial charge is 0.299 e. The summed E-state index contributed by atoms with van der Waals surface area (Å²) in [5.74, 6) is 0.672. The molecular formula is C13H19Cl2N. The van der Waals surface area contributed by atoms with Gasteiger partial charge in [-0.15, -0.1) is 0 Å². The Balaban J connectivity index is 2.70. The molecule has 1 aromatic carbocycles. The molecule has 1 aromatic rings. The van der Waals surface area contributed by atoms with Crippen LogP contribution < -0.4 is 0 Å². The van der Waals surface area contributed by atoms with Gasteiger partial charge in [0.25, 0.3) is 0 Å². The Labute approximate surface area is 108 Å². The molecule has 3 heteroatoms. The van der Waals surface area contributed by atoms with Crippen LogP contribution in [0.5, 0.6) is 0 Å². The van der Waals surface area contributed by atoms with E-state index in [0.29, 0.717) is 10.9 Å². The Morgan fingerprint density at radius 2 is 1.94 bits per heavy atom. The van der Waals surface area contributed by atoms with Crippen LogP contribution in [0, 0.1) is 5.92 Å². The van der Waals surface area contributed by atoms with Crippen molar-refractivity contribution >= 4 is 23.2 Å². The lowest BCUT2D eigenvalue weighted by molar-refractivity contribution is 0.248. The average molecular weight is 260 g/mol. The van der Waals surface area contributed by atoms with Crippen LogP contribution in [0.4, 0.5) is 0 Å². The smallest absolute Gasteiger partial charge is 0.0465 e. The van der Waals surface area contributed by atoms with Crippen LogP contribution in [0.25, 0.3) is 0 Å². The van der Waals surface area contributed by atoms with Gasteiger partial charge in [-0.1, -0.05) is 50.0 Å². The summed E-state index contributed by atoms with van der Waals surface area (Å²) in [7, 11) is 0. The number of hydrogen-bond acceptors (Lipinski definition) is 1. The monoisotopic (exact) mass is 259 g/mol. The minimum absolute atomic E-state index is 0.672. The lowest BCUT2D eigenvalue weighted by Gasteiger charge is -2.23. The third kappa shape index (κ3) is 4.32. The van der Waals surface area contributed by atoms with Gasteiger partial charge in [0.1, 0.15) is 0 Å². The van der Waals surface area contributed by atoms with Crippen molar-refractivity contribution in [3.8, 4) is 0 Å². The quantitative estimate of drug-likeness (QED) is 0.754. The van der Waals surface area contributed by atoms with Crippen LogP contribution in [0.3, 0.4) is 0 Å². The van der Waals surface area contributed by atoms with Gasteiger partial charge in [0.05, 0.1) is 0 Å². The predicted molar refractivity (Wildman–Crippen MR) is 72.3 cm³/mol. The van der Waals surface area contributed by atoms with Crippen molar-refractivity contribution in [3.05, 3.63) is 33.8 Å². The highest BCUT2D eigenvalue weighted by Crippen LogP contribution is 2.22. The molecule has 0 aliphatic rings. The molecule has 16 heavy (non-hydrogen) atoms. The molecule has 0 heterocycles. The van der Waals surface area contributed by atoms with Crippen molar-refractivity contribution in [1.82, 2.24) is 4.90 Å². The van der Waals surface area contributed by atoms with Crippen LogP contribution in [0.15, 0.2) is 18.2 Å². The fourth-order valence-electron chi connectivity index (χ4n) is 1.71. The van der Waals surface area contributed by atoms with E-state index in [1.165, 1.54) is 0 Å². The minimum Gasteiger partial charge on any atom is -0.299 e. The van der Waals surface area contributed by atoms with Gasteiger partial charge in [0.2, 0.25) is 0 Å². The van der Waals surface area contributed by atoms with E-state index in [-0.39, 0.29) is 0 Å². The minimum atomic E-state index is 0.672. The topological polar surface area (TPSA) is 3.24 Å². The van der Waals surface area contributed by atoms with E-state index >= 15 is 0 Å². The van der Waals surface area contributed by atoms with Gasteiger partial charge >= 0.3 is 0 Å². The lowest BCUT2D eigenvalue weighted by Crippen LogP contribution is -2.27.